The Morgan fingerprint density at radius 1 is 1.27 bits per heavy atom. The molecule has 0 aliphatic rings. The van der Waals surface area contributed by atoms with Gasteiger partial charge in [-0.05, 0) is 37.3 Å². The normalized spacial score (nSPS) is 10.9. The summed E-state index contributed by atoms with van der Waals surface area (Å²) >= 11 is 11.6. The van der Waals surface area contributed by atoms with Crippen LogP contribution in [0.25, 0.3) is 0 Å². The molecule has 110 valence electrons. The zero-order valence-corrected chi connectivity index (χ0v) is 13.0. The van der Waals surface area contributed by atoms with Gasteiger partial charge in [0.15, 0.2) is 0 Å². The number of aryl methyl sites for hydroxylation is 1. The number of nitrogens with zero attached hydrogens (tertiary/aromatic N) is 3. The summed E-state index contributed by atoms with van der Waals surface area (Å²) in [7, 11) is 0. The quantitative estimate of drug-likeness (QED) is 0.398. The number of nitrogens with one attached hydrogen (secondary N) is 1. The van der Waals surface area contributed by atoms with Gasteiger partial charge in [0, 0.05) is 22.5 Å². The van der Waals surface area contributed by atoms with Gasteiger partial charge in [-0.15, -0.1) is 0 Å². The molecular weight excluding hydrogens is 323 g/mol. The number of hydrogen-bond acceptors (Lipinski definition) is 5. The molecule has 0 saturated carbocycles. The summed E-state index contributed by atoms with van der Waals surface area (Å²) in [5.41, 5.74) is 0.948. The van der Waals surface area contributed by atoms with Crippen LogP contribution in [0.4, 0.5) is 5.95 Å². The van der Waals surface area contributed by atoms with Crippen molar-refractivity contribution in [1.29, 1.82) is 5.26 Å². The number of carbonyl (C=O) groups is 1. The van der Waals surface area contributed by atoms with E-state index in [0.717, 1.165) is 0 Å². The molecule has 0 bridgehead atoms. The third-order valence-electron chi connectivity index (χ3n) is 2.64. The summed E-state index contributed by atoms with van der Waals surface area (Å²) < 4.78 is 0. The van der Waals surface area contributed by atoms with E-state index in [1.54, 1.807) is 37.3 Å². The van der Waals surface area contributed by atoms with Gasteiger partial charge in [0.25, 0.3) is 0 Å². The highest BCUT2D eigenvalue weighted by atomic mass is 35.5. The van der Waals surface area contributed by atoms with E-state index in [2.05, 4.69) is 15.3 Å². The van der Waals surface area contributed by atoms with E-state index >= 15 is 0 Å². The molecule has 0 atom stereocenters. The largest absolute Gasteiger partial charge is 0.329 e. The second-order valence-electron chi connectivity index (χ2n) is 4.31. The van der Waals surface area contributed by atoms with Gasteiger partial charge in [0.2, 0.25) is 11.7 Å². The maximum atomic E-state index is 12.2. The van der Waals surface area contributed by atoms with Crippen molar-refractivity contribution in [1.82, 2.24) is 9.97 Å². The molecule has 1 aromatic carbocycles. The minimum atomic E-state index is -0.426. The van der Waals surface area contributed by atoms with E-state index in [1.165, 1.54) is 6.20 Å². The summed E-state index contributed by atoms with van der Waals surface area (Å²) in [5, 5.41) is 12.6. The molecule has 0 spiro atoms. The van der Waals surface area contributed by atoms with Crippen LogP contribution in [-0.2, 0) is 0 Å². The van der Waals surface area contributed by atoms with E-state index < -0.39 is 5.78 Å². The number of hydrogen-bond donors (Lipinski definition) is 1. The zero-order valence-electron chi connectivity index (χ0n) is 11.5. The molecule has 0 aliphatic heterocycles. The molecule has 1 aromatic heterocycles. The fraction of sp³-hybridized carbons (Fsp3) is 0.0667. The number of carbonyl (C=O) groups excluding carboxylic acids is 1. The Hall–Kier alpha value is -2.42. The SMILES string of the molecule is Cc1cc(Cl)nc(N/C=C(\C#N)C(=O)c2ccc(Cl)cc2)n1. The molecule has 0 saturated heterocycles. The van der Waals surface area contributed by atoms with Gasteiger partial charge in [-0.25, -0.2) is 9.97 Å². The van der Waals surface area contributed by atoms with E-state index in [4.69, 9.17) is 28.5 Å². The zero-order chi connectivity index (χ0) is 16.1. The topological polar surface area (TPSA) is 78.7 Å². The third-order valence-corrected chi connectivity index (χ3v) is 3.09. The summed E-state index contributed by atoms with van der Waals surface area (Å²) in [6.45, 7) is 1.76. The fourth-order valence-electron chi connectivity index (χ4n) is 1.64. The Balaban J connectivity index is 2.22. The minimum Gasteiger partial charge on any atom is -0.329 e. The first kappa shape index (κ1) is 16.0. The van der Waals surface area contributed by atoms with Crippen LogP contribution in [0, 0.1) is 18.3 Å². The molecular formula is C15H10Cl2N4O. The van der Waals surface area contributed by atoms with Crippen LogP contribution in [0.2, 0.25) is 10.2 Å². The van der Waals surface area contributed by atoms with E-state index in [9.17, 15) is 4.79 Å². The Morgan fingerprint density at radius 2 is 1.95 bits per heavy atom. The molecule has 0 fully saturated rings. The number of benzene rings is 1. The summed E-state index contributed by atoms with van der Waals surface area (Å²) in [6.07, 6.45) is 1.25. The van der Waals surface area contributed by atoms with Crippen LogP contribution in [0.3, 0.4) is 0 Å². The molecule has 1 heterocycles. The van der Waals surface area contributed by atoms with E-state index in [1.807, 2.05) is 6.07 Å². The van der Waals surface area contributed by atoms with Crippen molar-refractivity contribution in [3.05, 3.63) is 63.5 Å². The highest BCUT2D eigenvalue weighted by Crippen LogP contribution is 2.14. The molecule has 2 rings (SSSR count). The lowest BCUT2D eigenvalue weighted by Gasteiger charge is -2.03. The molecule has 7 heteroatoms. The summed E-state index contributed by atoms with van der Waals surface area (Å²) in [6, 6.07) is 9.71. The minimum absolute atomic E-state index is 0.0800. The van der Waals surface area contributed by atoms with Crippen molar-refractivity contribution in [2.45, 2.75) is 6.92 Å². The van der Waals surface area contributed by atoms with Gasteiger partial charge in [0.1, 0.15) is 16.8 Å². The van der Waals surface area contributed by atoms with Crippen molar-refractivity contribution < 1.29 is 4.79 Å². The first-order valence-electron chi connectivity index (χ1n) is 6.18. The molecule has 0 radical (unpaired) electrons. The molecule has 0 unspecified atom stereocenters. The smallest absolute Gasteiger partial charge is 0.228 e. The summed E-state index contributed by atoms with van der Waals surface area (Å²) in [4.78, 5) is 20.2. The van der Waals surface area contributed by atoms with Crippen LogP contribution in [0.1, 0.15) is 16.1 Å². The number of ketones is 1. The predicted octanol–water partition coefficient (Wildman–Crippen LogP) is 3.79. The average molecular weight is 333 g/mol. The van der Waals surface area contributed by atoms with Crippen molar-refractivity contribution in [2.75, 3.05) is 5.32 Å². The Labute approximate surface area is 137 Å². The number of rotatable bonds is 4. The standard InChI is InChI=1S/C15H10Cl2N4O/c1-9-6-13(17)21-15(20-9)19-8-11(7-18)14(22)10-2-4-12(16)5-3-10/h2-6,8H,1H3,(H,19,20,21)/b11-8+. The molecule has 5 nitrogen and oxygen atoms in total. The van der Waals surface area contributed by atoms with Gasteiger partial charge in [0.05, 0.1) is 0 Å². The Kier molecular flexibility index (Phi) is 5.10. The maximum absolute atomic E-state index is 12.2. The van der Waals surface area contributed by atoms with E-state index in [-0.39, 0.29) is 16.7 Å². The lowest BCUT2D eigenvalue weighted by atomic mass is 10.1. The van der Waals surface area contributed by atoms with Crippen molar-refractivity contribution in [2.24, 2.45) is 0 Å². The van der Waals surface area contributed by atoms with Crippen molar-refractivity contribution in [3.8, 4) is 6.07 Å². The molecule has 0 aliphatic carbocycles. The van der Waals surface area contributed by atoms with Crippen LogP contribution in [-0.4, -0.2) is 15.8 Å². The Morgan fingerprint density at radius 3 is 2.55 bits per heavy atom. The molecule has 0 amide bonds. The predicted molar refractivity (Wildman–Crippen MR) is 84.9 cm³/mol. The van der Waals surface area contributed by atoms with Crippen LogP contribution in [0.15, 0.2) is 42.1 Å². The second-order valence-corrected chi connectivity index (χ2v) is 5.13. The highest BCUT2D eigenvalue weighted by molar-refractivity contribution is 6.30. The lowest BCUT2D eigenvalue weighted by molar-refractivity contribution is 0.103. The van der Waals surface area contributed by atoms with Crippen molar-refractivity contribution >= 4 is 34.9 Å². The van der Waals surface area contributed by atoms with Crippen LogP contribution >= 0.6 is 23.2 Å². The number of anilines is 1. The second kappa shape index (κ2) is 7.03. The molecule has 2 aromatic rings. The van der Waals surface area contributed by atoms with Crippen LogP contribution in [0.5, 0.6) is 0 Å². The van der Waals surface area contributed by atoms with E-state index in [0.29, 0.717) is 16.3 Å². The van der Waals surface area contributed by atoms with Crippen LogP contribution < -0.4 is 5.32 Å². The fourth-order valence-corrected chi connectivity index (χ4v) is 2.00. The Bertz CT molecular complexity index is 759. The molecule has 22 heavy (non-hydrogen) atoms. The van der Waals surface area contributed by atoms with Gasteiger partial charge in [-0.3, -0.25) is 4.79 Å². The number of aromatic nitrogens is 2. The number of nitriles is 1. The first-order chi connectivity index (χ1) is 10.5. The first-order valence-corrected chi connectivity index (χ1v) is 6.93. The maximum Gasteiger partial charge on any atom is 0.228 e. The number of allylic oxidation sites excluding steroid dienone is 1. The van der Waals surface area contributed by atoms with Gasteiger partial charge >= 0.3 is 0 Å². The monoisotopic (exact) mass is 332 g/mol. The lowest BCUT2D eigenvalue weighted by Crippen LogP contribution is -2.05. The van der Waals surface area contributed by atoms with Gasteiger partial charge < -0.3 is 5.32 Å². The van der Waals surface area contributed by atoms with Crippen molar-refractivity contribution in [3.63, 3.8) is 0 Å². The van der Waals surface area contributed by atoms with Gasteiger partial charge in [-0.1, -0.05) is 23.2 Å². The highest BCUT2D eigenvalue weighted by Gasteiger charge is 2.12. The number of halogens is 2. The summed E-state index contributed by atoms with van der Waals surface area (Å²) in [5.74, 6) is -0.216. The molecule has 1 N–H and O–H groups in total. The average Bonchev–Trinajstić information content (AvgIpc) is 2.47. The number of Topliss-reactive ketones (excluding diaryl/α,β-unsaturated/α-hetero) is 1. The van der Waals surface area contributed by atoms with Gasteiger partial charge in [-0.2, -0.15) is 5.26 Å². The third kappa shape index (κ3) is 4.04.